The van der Waals surface area contributed by atoms with Gasteiger partial charge in [0.25, 0.3) is 12.8 Å². The largest absolute Gasteiger partial charge is 1.00 e. The van der Waals surface area contributed by atoms with E-state index in [0.29, 0.717) is 45.8 Å². The number of nitrogens with two attached hydrogens (primary N) is 1. The number of anilines is 3. The van der Waals surface area contributed by atoms with Gasteiger partial charge in [-0.2, -0.15) is 43.4 Å². The number of halogens is 2. The smallest absolute Gasteiger partial charge is 1.00 e. The zero-order valence-electron chi connectivity index (χ0n) is 57.2. The van der Waals surface area contributed by atoms with Crippen molar-refractivity contribution in [2.45, 2.75) is 111 Å². The van der Waals surface area contributed by atoms with Crippen molar-refractivity contribution in [2.24, 2.45) is 7.05 Å². The number of nitrogens with zero attached hydrogens (tertiary/aromatic N) is 7. The van der Waals surface area contributed by atoms with Gasteiger partial charge in [0.15, 0.2) is 0 Å². The number of rotatable bonds is 12. The van der Waals surface area contributed by atoms with Crippen LogP contribution in [0, 0.1) is 45.9 Å². The van der Waals surface area contributed by atoms with Crippen LogP contribution in [0.3, 0.4) is 0 Å². The zero-order chi connectivity index (χ0) is 68.1. The van der Waals surface area contributed by atoms with Crippen molar-refractivity contribution in [3.63, 3.8) is 0 Å². The van der Waals surface area contributed by atoms with Crippen molar-refractivity contribution in [3.05, 3.63) is 179 Å². The molecular formula is C66H86BrFK2N9O9S6+. The molecule has 0 atom stereocenters. The molecule has 0 aliphatic carbocycles. The first-order valence-corrected chi connectivity index (χ1v) is 37.7. The van der Waals surface area contributed by atoms with E-state index in [1.54, 1.807) is 69.3 Å². The first kappa shape index (κ1) is 83.3. The summed E-state index contributed by atoms with van der Waals surface area (Å²) >= 11 is 8.10. The third-order valence-corrected chi connectivity index (χ3v) is 24.6. The molecule has 0 unspecified atom stereocenters. The van der Waals surface area contributed by atoms with Crippen LogP contribution in [0.1, 0.15) is 106 Å². The first-order chi connectivity index (χ1) is 44.5. The first-order valence-electron chi connectivity index (χ1n) is 30.6. The summed E-state index contributed by atoms with van der Waals surface area (Å²) in [5, 5.41) is 22.7. The number of alkyl halides is 2. The Labute approximate surface area is 664 Å². The summed E-state index contributed by atoms with van der Waals surface area (Å²) in [7, 11) is -9.50. The predicted octanol–water partition coefficient (Wildman–Crippen LogP) is 7.85. The van der Waals surface area contributed by atoms with Gasteiger partial charge in [-0.1, -0.05) is 149 Å². The van der Waals surface area contributed by atoms with Gasteiger partial charge in [0.2, 0.25) is 0 Å². The van der Waals surface area contributed by atoms with Crippen LogP contribution in [0.25, 0.3) is 30.3 Å². The number of hydrogen-bond acceptors (Lipinski definition) is 14. The summed E-state index contributed by atoms with van der Waals surface area (Å²) in [6.45, 7) is 15.6. The second-order valence-electron chi connectivity index (χ2n) is 21.6. The molecule has 12 rings (SSSR count). The van der Waals surface area contributed by atoms with Crippen LogP contribution < -0.4 is 127 Å². The fraction of sp³-hybridized carbons (Fsp3) is 0.379. The second-order valence-corrected chi connectivity index (χ2v) is 30.7. The Bertz CT molecular complexity index is 4150. The van der Waals surface area contributed by atoms with Crippen molar-refractivity contribution in [1.29, 1.82) is 5.26 Å². The number of carbonyl (C=O) groups is 1. The van der Waals surface area contributed by atoms with Crippen LogP contribution in [0.15, 0.2) is 140 Å². The number of thiophene rings is 3. The topological polar surface area (TPSA) is 235 Å². The van der Waals surface area contributed by atoms with Crippen LogP contribution in [0.5, 0.6) is 0 Å². The molecule has 9 aromatic rings. The second kappa shape index (κ2) is 43.5. The zero-order valence-corrected chi connectivity index (χ0v) is 67.9. The molecule has 28 heteroatoms. The Morgan fingerprint density at radius 2 is 1.09 bits per heavy atom. The van der Waals surface area contributed by atoms with Gasteiger partial charge in [-0.3, -0.25) is 13.9 Å². The van der Waals surface area contributed by atoms with Gasteiger partial charge in [0.05, 0.1) is 33.2 Å². The van der Waals surface area contributed by atoms with Gasteiger partial charge in [-0.25, -0.2) is 8.87 Å². The molecule has 7 heterocycles. The average Bonchev–Trinajstić information content (AvgIpc) is 1.35. The quantitative estimate of drug-likeness (QED) is 0.0298. The van der Waals surface area contributed by atoms with E-state index in [1.165, 1.54) is 54.6 Å². The monoisotopic (exact) mass is 1520 g/mol. The third kappa shape index (κ3) is 25.3. The Morgan fingerprint density at radius 3 is 1.50 bits per heavy atom. The van der Waals surface area contributed by atoms with E-state index in [-0.39, 0.29) is 111 Å². The molecular weight excluding hydrogens is 1430 g/mol. The van der Waals surface area contributed by atoms with E-state index < -0.39 is 37.8 Å². The number of aryl methyl sites for hydroxylation is 6. The molecule has 0 saturated carbocycles. The molecule has 3 fully saturated rings. The minimum atomic E-state index is -3.58. The Hall–Kier alpha value is -3.08. The number of nitriles is 1. The average molecular weight is 1520 g/mol. The van der Waals surface area contributed by atoms with Crippen LogP contribution in [-0.4, -0.2) is 95.0 Å². The van der Waals surface area contributed by atoms with Crippen molar-refractivity contribution in [3.8, 4) is 6.07 Å². The van der Waals surface area contributed by atoms with Crippen LogP contribution >= 0.6 is 49.9 Å². The Morgan fingerprint density at radius 1 is 0.681 bits per heavy atom. The van der Waals surface area contributed by atoms with E-state index in [9.17, 15) is 29.6 Å². The molecule has 3 aliphatic rings. The summed E-state index contributed by atoms with van der Waals surface area (Å²) < 4.78 is 107. The van der Waals surface area contributed by atoms with Crippen molar-refractivity contribution in [1.82, 2.24) is 16.9 Å². The standard InChI is InChI=1S/C22H26N2O2S2.C14H18N2O2S2.C9H16N3O2S.C9H9NS.C8H9Br.C2H3N.CH3F.CH2O3.2K.H/c1-17-10-12-19(13-11-17)16-24(28(25,26)23-14-6-3-7-15-23)22-18(2)20-8-4-5-9-21(20)27-22;1-11-12-7-3-4-8-13(12)19-14(11)15-20(17,18)16-9-5-2-6-10-16;1-10-7-8-12(9-10)15(13,14)11-5-3-2-4-6-11;1-6-7-4-2-3-5-8(7)11-9(6)10;1-7-2-4-8(6-9)5-3-7;1-2-3;1-2;2-1-4-3;;;/h4-5,8-13H,3,6-7,14-16H2,1-2H3;3-4,7-8,15H,2,5-6,9-10H2,1H3;7-9H,2-6H2,1H3;2-5H,10H2,1H3;2-5H,6H2,1H3;1H3;1H3;1,3H;;;/q;;+1;;;;;;2*+1;-1/p-1/i;;;;;;1D;;;;. The molecule has 3 saturated heterocycles. The summed E-state index contributed by atoms with van der Waals surface area (Å²) in [6.07, 6.45) is 13.9. The molecule has 94 heavy (non-hydrogen) atoms. The molecule has 0 radical (unpaired) electrons. The van der Waals surface area contributed by atoms with E-state index >= 15 is 0 Å². The number of imidazole rings is 1. The van der Waals surface area contributed by atoms with Gasteiger partial charge >= 0.3 is 133 Å². The number of aromatic nitrogens is 2. The number of nitrogens with one attached hydrogen (secondary N) is 1. The van der Waals surface area contributed by atoms with Crippen LogP contribution in [-0.2, 0) is 59.2 Å². The minimum Gasteiger partial charge on any atom is -1.00 e. The van der Waals surface area contributed by atoms with Crippen molar-refractivity contribution < 1.29 is 155 Å². The maximum atomic E-state index is 13.6. The molecule has 4 aromatic heterocycles. The molecule has 0 amide bonds. The summed E-state index contributed by atoms with van der Waals surface area (Å²) in [5.41, 5.74) is 13.9. The fourth-order valence-corrected chi connectivity index (χ4v) is 18.7. The maximum absolute atomic E-state index is 13.6. The van der Waals surface area contributed by atoms with Crippen molar-refractivity contribution >= 4 is 132 Å². The van der Waals surface area contributed by atoms with E-state index in [4.69, 9.17) is 22.4 Å². The number of carbonyl (C=O) groups excluding carboxylic acids is 1. The van der Waals surface area contributed by atoms with E-state index in [1.807, 2.05) is 101 Å². The predicted molar refractivity (Wildman–Crippen MR) is 380 cm³/mol. The summed E-state index contributed by atoms with van der Waals surface area (Å²) in [6, 6.07) is 42.8. The van der Waals surface area contributed by atoms with Gasteiger partial charge in [-0.05, 0) is 135 Å². The van der Waals surface area contributed by atoms with E-state index in [0.717, 1.165) is 115 Å². The van der Waals surface area contributed by atoms with Crippen LogP contribution in [0.2, 0.25) is 0 Å². The van der Waals surface area contributed by atoms with Crippen LogP contribution in [0.4, 0.5) is 19.4 Å². The summed E-state index contributed by atoms with van der Waals surface area (Å²) in [4.78, 5) is 11.2. The molecule has 0 bridgehead atoms. The number of nitrogen functional groups attached to an aromatic ring is 1. The Kier molecular flexibility index (Phi) is 38.5. The molecule has 3 aliphatic heterocycles. The van der Waals surface area contributed by atoms with Gasteiger partial charge in [0.1, 0.15) is 22.4 Å². The molecule has 500 valence electrons. The number of fused-ring (bicyclic) bond motifs is 3. The van der Waals surface area contributed by atoms with Gasteiger partial charge in [-0.15, -0.1) is 38.0 Å². The van der Waals surface area contributed by atoms with Gasteiger partial charge in [0, 0.05) is 65.6 Å². The molecule has 3 N–H and O–H groups in total. The van der Waals surface area contributed by atoms with E-state index in [2.05, 4.69) is 87.9 Å². The fourth-order valence-electron chi connectivity index (χ4n) is 9.97. The normalized spacial score (nSPS) is 14.2. The number of piperidine rings is 3. The Balaban J connectivity index is 0.000000408. The van der Waals surface area contributed by atoms with Gasteiger partial charge < -0.3 is 17.3 Å². The third-order valence-electron chi connectivity index (χ3n) is 15.0. The number of benzene rings is 5. The summed E-state index contributed by atoms with van der Waals surface area (Å²) in [5.74, 6) is 0. The molecule has 5 aromatic carbocycles. The number of hydrogen-bond donors (Lipinski definition) is 2. The maximum Gasteiger partial charge on any atom is 1.00 e. The minimum absolute atomic E-state index is 0. The molecule has 0 spiro atoms. The van der Waals surface area contributed by atoms with Crippen molar-refractivity contribution in [2.75, 3.05) is 61.2 Å². The molecule has 18 nitrogen and oxygen atoms in total. The SMILES string of the molecule is CC#N.C[n+]1ccn(S(=O)(=O)N2CCCCC2)c1.Cc1c(N)sc2ccccc12.Cc1c(NS(=O)(=O)N2CCCCC2)sc2ccccc12.Cc1ccc(CBr)cc1.Cc1ccc(CN(c2sc3ccccc3c2C)S(=O)(=O)N2CCCCC2)cc1.O=CO[O-].[2H]CF.[H-].[K+].[K+].